The SMILES string of the molecule is O=C(C1CCCO1)N1CCN(c2nc(-c3cccc(O)c3)nc(N3CCc4ccccc4C3CO)n2)CC1. The number of piperazine rings is 1. The predicted molar refractivity (Wildman–Crippen MR) is 142 cm³/mol. The number of fused-ring (bicyclic) bond motifs is 1. The Morgan fingerprint density at radius 3 is 2.55 bits per heavy atom. The number of carbonyl (C=O) groups is 1. The van der Waals surface area contributed by atoms with E-state index in [-0.39, 0.29) is 30.4 Å². The zero-order valence-electron chi connectivity index (χ0n) is 21.2. The number of phenols is 1. The summed E-state index contributed by atoms with van der Waals surface area (Å²) in [4.78, 5) is 33.3. The fourth-order valence-electron chi connectivity index (χ4n) is 5.59. The number of carbonyl (C=O) groups excluding carboxylic acids is 1. The second kappa shape index (κ2) is 10.5. The van der Waals surface area contributed by atoms with Gasteiger partial charge in [0.2, 0.25) is 11.9 Å². The van der Waals surface area contributed by atoms with Crippen LogP contribution in [0.3, 0.4) is 0 Å². The quantitative estimate of drug-likeness (QED) is 0.526. The summed E-state index contributed by atoms with van der Waals surface area (Å²) in [5, 5.41) is 20.5. The smallest absolute Gasteiger partial charge is 0.251 e. The van der Waals surface area contributed by atoms with E-state index in [1.807, 2.05) is 34.1 Å². The Bertz CT molecular complexity index is 1310. The number of hydrogen-bond donors (Lipinski definition) is 2. The first-order valence-corrected chi connectivity index (χ1v) is 13.3. The number of amides is 1. The van der Waals surface area contributed by atoms with Gasteiger partial charge in [-0.25, -0.2) is 0 Å². The molecule has 198 valence electrons. The highest BCUT2D eigenvalue weighted by molar-refractivity contribution is 5.81. The minimum atomic E-state index is -0.319. The van der Waals surface area contributed by atoms with Crippen molar-refractivity contribution in [3.63, 3.8) is 0 Å². The number of anilines is 2. The topological polar surface area (TPSA) is 115 Å². The van der Waals surface area contributed by atoms with Gasteiger partial charge in [0, 0.05) is 44.9 Å². The van der Waals surface area contributed by atoms with Crippen molar-refractivity contribution in [2.75, 3.05) is 55.7 Å². The molecule has 1 aromatic heterocycles. The van der Waals surface area contributed by atoms with Crippen molar-refractivity contribution in [3.05, 3.63) is 59.7 Å². The molecule has 0 spiro atoms. The molecule has 10 heteroatoms. The van der Waals surface area contributed by atoms with E-state index < -0.39 is 0 Å². The third kappa shape index (κ3) is 4.77. The summed E-state index contributed by atoms with van der Waals surface area (Å²) in [5.74, 6) is 1.66. The van der Waals surface area contributed by atoms with Crippen LogP contribution in [0, 0.1) is 0 Å². The Morgan fingerprint density at radius 1 is 0.974 bits per heavy atom. The Morgan fingerprint density at radius 2 is 1.79 bits per heavy atom. The molecular weight excluding hydrogens is 484 g/mol. The van der Waals surface area contributed by atoms with E-state index in [9.17, 15) is 15.0 Å². The summed E-state index contributed by atoms with van der Waals surface area (Å²) in [6, 6.07) is 14.7. The van der Waals surface area contributed by atoms with Crippen molar-refractivity contribution >= 4 is 17.8 Å². The average Bonchev–Trinajstić information content (AvgIpc) is 3.51. The lowest BCUT2D eigenvalue weighted by Crippen LogP contribution is -2.52. The van der Waals surface area contributed by atoms with Crippen LogP contribution in [0.1, 0.15) is 30.0 Å². The minimum absolute atomic E-state index is 0.0660. The molecule has 1 amide bonds. The molecule has 38 heavy (non-hydrogen) atoms. The van der Waals surface area contributed by atoms with Gasteiger partial charge in [0.15, 0.2) is 5.82 Å². The molecule has 2 unspecified atom stereocenters. The molecule has 0 radical (unpaired) electrons. The van der Waals surface area contributed by atoms with Gasteiger partial charge in [-0.3, -0.25) is 4.79 Å². The molecule has 2 aromatic carbocycles. The molecule has 3 aliphatic heterocycles. The molecule has 2 fully saturated rings. The highest BCUT2D eigenvalue weighted by atomic mass is 16.5. The lowest BCUT2D eigenvalue weighted by Gasteiger charge is -2.38. The highest BCUT2D eigenvalue weighted by Gasteiger charge is 2.33. The second-order valence-corrected chi connectivity index (χ2v) is 9.96. The second-order valence-electron chi connectivity index (χ2n) is 9.96. The van der Waals surface area contributed by atoms with Crippen LogP contribution in [0.25, 0.3) is 11.4 Å². The molecule has 2 N–H and O–H groups in total. The number of ether oxygens (including phenoxy) is 1. The molecule has 4 heterocycles. The monoisotopic (exact) mass is 516 g/mol. The van der Waals surface area contributed by atoms with Crippen LogP contribution in [0.2, 0.25) is 0 Å². The predicted octanol–water partition coefficient (Wildman–Crippen LogP) is 2.17. The van der Waals surface area contributed by atoms with Crippen molar-refractivity contribution in [2.45, 2.75) is 31.4 Å². The van der Waals surface area contributed by atoms with E-state index >= 15 is 0 Å². The van der Waals surface area contributed by atoms with Gasteiger partial charge in [-0.2, -0.15) is 15.0 Å². The van der Waals surface area contributed by atoms with Crippen LogP contribution in [-0.4, -0.2) is 88.0 Å². The van der Waals surface area contributed by atoms with E-state index in [1.165, 1.54) is 5.56 Å². The van der Waals surface area contributed by atoms with Crippen LogP contribution < -0.4 is 9.80 Å². The minimum Gasteiger partial charge on any atom is -0.508 e. The largest absolute Gasteiger partial charge is 0.508 e. The summed E-state index contributed by atoms with van der Waals surface area (Å²) >= 11 is 0. The van der Waals surface area contributed by atoms with Gasteiger partial charge in [-0.05, 0) is 42.5 Å². The van der Waals surface area contributed by atoms with E-state index in [1.54, 1.807) is 18.2 Å². The molecule has 0 aliphatic carbocycles. The molecule has 6 rings (SSSR count). The van der Waals surface area contributed by atoms with Crippen LogP contribution in [0.5, 0.6) is 5.75 Å². The maximum Gasteiger partial charge on any atom is 0.251 e. The van der Waals surface area contributed by atoms with Crippen LogP contribution in [0.4, 0.5) is 11.9 Å². The summed E-state index contributed by atoms with van der Waals surface area (Å²) in [5.41, 5.74) is 2.97. The van der Waals surface area contributed by atoms with Crippen molar-refractivity contribution < 1.29 is 19.7 Å². The van der Waals surface area contributed by atoms with Gasteiger partial charge in [-0.1, -0.05) is 36.4 Å². The zero-order chi connectivity index (χ0) is 26.1. The van der Waals surface area contributed by atoms with Crippen molar-refractivity contribution in [2.24, 2.45) is 0 Å². The van der Waals surface area contributed by atoms with Gasteiger partial charge in [0.1, 0.15) is 11.9 Å². The van der Waals surface area contributed by atoms with Crippen LogP contribution in [0.15, 0.2) is 48.5 Å². The maximum absolute atomic E-state index is 12.8. The first-order valence-electron chi connectivity index (χ1n) is 13.3. The molecular formula is C28H32N6O4. The first kappa shape index (κ1) is 24.6. The Hall–Kier alpha value is -3.76. The van der Waals surface area contributed by atoms with Crippen molar-refractivity contribution in [3.8, 4) is 17.1 Å². The molecule has 0 saturated carbocycles. The number of nitrogens with zero attached hydrogens (tertiary/aromatic N) is 6. The lowest BCUT2D eigenvalue weighted by atomic mass is 9.93. The molecule has 3 aliphatic rings. The molecule has 0 bridgehead atoms. The number of benzene rings is 2. The standard InChI is InChI=1S/C28H32N6O4/c35-18-23-22-8-2-1-5-19(22)10-11-34(23)28-30-25(20-6-3-7-21(36)17-20)29-27(31-28)33-14-12-32(13-15-33)26(37)24-9-4-16-38-24/h1-3,5-8,17,23-24,35-36H,4,9-16,18H2. The number of rotatable bonds is 5. The fourth-order valence-corrected chi connectivity index (χ4v) is 5.59. The maximum atomic E-state index is 12.8. The Kier molecular flexibility index (Phi) is 6.82. The molecule has 10 nitrogen and oxygen atoms in total. The summed E-state index contributed by atoms with van der Waals surface area (Å²) < 4.78 is 5.60. The number of phenolic OH excluding ortho intramolecular Hbond substituents is 1. The normalized spacial score (nSPS) is 21.4. The van der Waals surface area contributed by atoms with E-state index in [0.717, 1.165) is 24.8 Å². The van der Waals surface area contributed by atoms with E-state index in [0.29, 0.717) is 62.6 Å². The summed E-state index contributed by atoms with van der Waals surface area (Å²) in [7, 11) is 0. The third-order valence-electron chi connectivity index (χ3n) is 7.64. The summed E-state index contributed by atoms with van der Waals surface area (Å²) in [6.45, 7) is 3.56. The molecule has 2 atom stereocenters. The van der Waals surface area contributed by atoms with Crippen molar-refractivity contribution in [1.82, 2.24) is 19.9 Å². The fraction of sp³-hybridized carbons (Fsp3) is 0.429. The van der Waals surface area contributed by atoms with Gasteiger partial charge >= 0.3 is 0 Å². The van der Waals surface area contributed by atoms with Gasteiger partial charge in [-0.15, -0.1) is 0 Å². The van der Waals surface area contributed by atoms with Gasteiger partial charge < -0.3 is 29.6 Å². The Balaban J connectivity index is 1.31. The lowest BCUT2D eigenvalue weighted by molar-refractivity contribution is -0.141. The number of aromatic nitrogens is 3. The van der Waals surface area contributed by atoms with E-state index in [2.05, 4.69) is 11.0 Å². The molecule has 2 saturated heterocycles. The van der Waals surface area contributed by atoms with Gasteiger partial charge in [0.05, 0.1) is 12.6 Å². The highest BCUT2D eigenvalue weighted by Crippen LogP contribution is 2.34. The summed E-state index contributed by atoms with van der Waals surface area (Å²) in [6.07, 6.45) is 2.21. The van der Waals surface area contributed by atoms with E-state index in [4.69, 9.17) is 19.7 Å². The zero-order valence-corrected chi connectivity index (χ0v) is 21.2. The Labute approximate surface area is 221 Å². The van der Waals surface area contributed by atoms with Crippen LogP contribution in [-0.2, 0) is 16.0 Å². The van der Waals surface area contributed by atoms with Crippen molar-refractivity contribution in [1.29, 1.82) is 0 Å². The number of aliphatic hydroxyl groups excluding tert-OH is 1. The number of hydrogen-bond acceptors (Lipinski definition) is 9. The average molecular weight is 517 g/mol. The number of aromatic hydroxyl groups is 1. The first-order chi connectivity index (χ1) is 18.6. The van der Waals surface area contributed by atoms with Crippen LogP contribution >= 0.6 is 0 Å². The number of aliphatic hydroxyl groups is 1. The molecule has 3 aromatic rings. The third-order valence-corrected chi connectivity index (χ3v) is 7.64. The van der Waals surface area contributed by atoms with Gasteiger partial charge in [0.25, 0.3) is 5.91 Å².